The molecule has 82 valence electrons. The van der Waals surface area contributed by atoms with Gasteiger partial charge in [0, 0.05) is 5.56 Å². The average molecular weight is 208 g/mol. The number of rotatable bonds is 2. The first-order valence-electron chi connectivity index (χ1n) is 5.63. The number of hydrogen-bond acceptors (Lipinski definition) is 1. The highest BCUT2D eigenvalue weighted by molar-refractivity contribution is 5.27. The van der Waals surface area contributed by atoms with Gasteiger partial charge in [-0.05, 0) is 31.2 Å². The molecule has 0 aliphatic heterocycles. The maximum atomic E-state index is 13.7. The number of aliphatic hydroxyl groups is 1. The van der Waals surface area contributed by atoms with E-state index < -0.39 is 6.10 Å². The Balaban J connectivity index is 2.24. The topological polar surface area (TPSA) is 20.2 Å². The molecule has 1 saturated carbocycles. The van der Waals surface area contributed by atoms with E-state index in [1.165, 1.54) is 0 Å². The molecule has 1 atom stereocenters. The first-order chi connectivity index (χ1) is 7.20. The lowest BCUT2D eigenvalue weighted by molar-refractivity contribution is 0.108. The summed E-state index contributed by atoms with van der Waals surface area (Å²) in [5, 5.41) is 10.1. The summed E-state index contributed by atoms with van der Waals surface area (Å²) in [5.41, 5.74) is 1.09. The van der Waals surface area contributed by atoms with Gasteiger partial charge in [-0.25, -0.2) is 4.39 Å². The molecule has 1 aromatic carbocycles. The minimum Gasteiger partial charge on any atom is -0.388 e. The van der Waals surface area contributed by atoms with Crippen molar-refractivity contribution in [3.8, 4) is 0 Å². The molecule has 1 N–H and O–H groups in total. The summed E-state index contributed by atoms with van der Waals surface area (Å²) >= 11 is 0. The highest BCUT2D eigenvalue weighted by Crippen LogP contribution is 2.36. The molecule has 1 aromatic rings. The lowest BCUT2D eigenvalue weighted by Gasteiger charge is -2.19. The average Bonchev–Trinajstić information content (AvgIpc) is 2.74. The van der Waals surface area contributed by atoms with Crippen LogP contribution in [0.2, 0.25) is 0 Å². The van der Waals surface area contributed by atoms with Crippen LogP contribution in [0.5, 0.6) is 0 Å². The molecule has 0 amide bonds. The Bertz CT molecular complexity index is 342. The van der Waals surface area contributed by atoms with E-state index in [0.717, 1.165) is 25.7 Å². The molecule has 2 heteroatoms. The first-order valence-corrected chi connectivity index (χ1v) is 5.63. The number of benzene rings is 1. The van der Waals surface area contributed by atoms with Crippen LogP contribution in [0.1, 0.15) is 42.9 Å². The van der Waals surface area contributed by atoms with Crippen molar-refractivity contribution >= 4 is 0 Å². The summed E-state index contributed by atoms with van der Waals surface area (Å²) in [6, 6.07) is 5.25. The minimum absolute atomic E-state index is 0.239. The molecule has 2 rings (SSSR count). The zero-order chi connectivity index (χ0) is 10.8. The second-order valence-corrected chi connectivity index (χ2v) is 4.47. The van der Waals surface area contributed by atoms with E-state index in [1.807, 2.05) is 6.07 Å². The molecule has 0 saturated heterocycles. The number of halogens is 1. The Morgan fingerprint density at radius 3 is 2.67 bits per heavy atom. The van der Waals surface area contributed by atoms with Crippen molar-refractivity contribution in [1.82, 2.24) is 0 Å². The van der Waals surface area contributed by atoms with Gasteiger partial charge in [-0.2, -0.15) is 0 Å². The molecule has 1 fully saturated rings. The molecule has 1 aliphatic carbocycles. The van der Waals surface area contributed by atoms with Gasteiger partial charge in [-0.1, -0.05) is 31.0 Å². The molecule has 0 heterocycles. The molecule has 15 heavy (non-hydrogen) atoms. The van der Waals surface area contributed by atoms with Crippen LogP contribution >= 0.6 is 0 Å². The summed E-state index contributed by atoms with van der Waals surface area (Å²) in [4.78, 5) is 0. The van der Waals surface area contributed by atoms with E-state index in [1.54, 1.807) is 19.1 Å². The maximum absolute atomic E-state index is 13.7. The summed E-state index contributed by atoms with van der Waals surface area (Å²) in [6.45, 7) is 1.74. The molecular weight excluding hydrogens is 191 g/mol. The SMILES string of the molecule is Cc1cccc(C(O)C2CCCC2)c1F. The summed E-state index contributed by atoms with van der Waals surface area (Å²) in [5.74, 6) is 0.0122. The number of aryl methyl sites for hydroxylation is 1. The molecule has 0 bridgehead atoms. The summed E-state index contributed by atoms with van der Waals surface area (Å²) < 4.78 is 13.7. The summed E-state index contributed by atoms with van der Waals surface area (Å²) in [6.07, 6.45) is 3.75. The Hall–Kier alpha value is -0.890. The Labute approximate surface area is 89.9 Å². The predicted octanol–water partition coefficient (Wildman–Crippen LogP) is 3.36. The molecule has 1 unspecified atom stereocenters. The zero-order valence-corrected chi connectivity index (χ0v) is 9.04. The van der Waals surface area contributed by atoms with Gasteiger partial charge in [-0.15, -0.1) is 0 Å². The van der Waals surface area contributed by atoms with Crippen molar-refractivity contribution in [3.63, 3.8) is 0 Å². The van der Waals surface area contributed by atoms with Gasteiger partial charge in [0.1, 0.15) is 5.82 Å². The second-order valence-electron chi connectivity index (χ2n) is 4.47. The largest absolute Gasteiger partial charge is 0.388 e. The number of hydrogen-bond donors (Lipinski definition) is 1. The molecule has 0 radical (unpaired) electrons. The van der Waals surface area contributed by atoms with Gasteiger partial charge in [0.05, 0.1) is 6.10 Å². The molecular formula is C13H17FO. The van der Waals surface area contributed by atoms with Crippen LogP contribution < -0.4 is 0 Å². The van der Waals surface area contributed by atoms with Crippen LogP contribution in [-0.2, 0) is 0 Å². The van der Waals surface area contributed by atoms with Crippen LogP contribution in [0.15, 0.2) is 18.2 Å². The fourth-order valence-electron chi connectivity index (χ4n) is 2.43. The predicted molar refractivity (Wildman–Crippen MR) is 58.1 cm³/mol. The van der Waals surface area contributed by atoms with E-state index in [-0.39, 0.29) is 11.7 Å². The third-order valence-electron chi connectivity index (χ3n) is 3.39. The highest BCUT2D eigenvalue weighted by atomic mass is 19.1. The highest BCUT2D eigenvalue weighted by Gasteiger charge is 2.26. The molecule has 1 aliphatic rings. The van der Waals surface area contributed by atoms with Gasteiger partial charge in [0.25, 0.3) is 0 Å². The van der Waals surface area contributed by atoms with E-state index in [4.69, 9.17) is 0 Å². The fourth-order valence-corrected chi connectivity index (χ4v) is 2.43. The maximum Gasteiger partial charge on any atom is 0.131 e. The molecule has 1 nitrogen and oxygen atoms in total. The minimum atomic E-state index is -0.618. The van der Waals surface area contributed by atoms with Crippen molar-refractivity contribution in [2.24, 2.45) is 5.92 Å². The third-order valence-corrected chi connectivity index (χ3v) is 3.39. The van der Waals surface area contributed by atoms with Gasteiger partial charge in [-0.3, -0.25) is 0 Å². The smallest absolute Gasteiger partial charge is 0.131 e. The van der Waals surface area contributed by atoms with Crippen molar-refractivity contribution < 1.29 is 9.50 Å². The first kappa shape index (κ1) is 10.6. The van der Waals surface area contributed by atoms with Crippen LogP contribution in [0.3, 0.4) is 0 Å². The van der Waals surface area contributed by atoms with Crippen LogP contribution in [0.25, 0.3) is 0 Å². The van der Waals surface area contributed by atoms with E-state index in [0.29, 0.717) is 11.1 Å². The van der Waals surface area contributed by atoms with Gasteiger partial charge in [0.2, 0.25) is 0 Å². The normalized spacial score (nSPS) is 19.4. The Morgan fingerprint density at radius 2 is 2.00 bits per heavy atom. The van der Waals surface area contributed by atoms with Crippen LogP contribution in [0.4, 0.5) is 4.39 Å². The molecule has 0 spiro atoms. The zero-order valence-electron chi connectivity index (χ0n) is 9.04. The monoisotopic (exact) mass is 208 g/mol. The quantitative estimate of drug-likeness (QED) is 0.790. The van der Waals surface area contributed by atoms with Crippen molar-refractivity contribution in [1.29, 1.82) is 0 Å². The second kappa shape index (κ2) is 4.31. The standard InChI is InChI=1S/C13H17FO/c1-9-5-4-8-11(12(9)14)13(15)10-6-2-3-7-10/h4-5,8,10,13,15H,2-3,6-7H2,1H3. The van der Waals surface area contributed by atoms with Crippen molar-refractivity contribution in [2.45, 2.75) is 38.7 Å². The van der Waals surface area contributed by atoms with Gasteiger partial charge in [0.15, 0.2) is 0 Å². The van der Waals surface area contributed by atoms with Crippen molar-refractivity contribution in [3.05, 3.63) is 35.1 Å². The number of aliphatic hydroxyl groups excluding tert-OH is 1. The fraction of sp³-hybridized carbons (Fsp3) is 0.538. The van der Waals surface area contributed by atoms with Crippen LogP contribution in [0, 0.1) is 18.7 Å². The Kier molecular flexibility index (Phi) is 3.06. The molecule has 0 aromatic heterocycles. The van der Waals surface area contributed by atoms with E-state index in [2.05, 4.69) is 0 Å². The van der Waals surface area contributed by atoms with E-state index in [9.17, 15) is 9.50 Å². The van der Waals surface area contributed by atoms with E-state index >= 15 is 0 Å². The van der Waals surface area contributed by atoms with Gasteiger partial charge < -0.3 is 5.11 Å². The third kappa shape index (κ3) is 2.05. The summed E-state index contributed by atoms with van der Waals surface area (Å²) in [7, 11) is 0. The lowest BCUT2D eigenvalue weighted by atomic mass is 9.93. The lowest BCUT2D eigenvalue weighted by Crippen LogP contribution is -2.11. The Morgan fingerprint density at radius 1 is 1.33 bits per heavy atom. The van der Waals surface area contributed by atoms with Crippen LogP contribution in [-0.4, -0.2) is 5.11 Å². The van der Waals surface area contributed by atoms with Crippen molar-refractivity contribution in [2.75, 3.05) is 0 Å². The van der Waals surface area contributed by atoms with Gasteiger partial charge >= 0.3 is 0 Å².